The van der Waals surface area contributed by atoms with E-state index in [0.29, 0.717) is 10.7 Å². The highest BCUT2D eigenvalue weighted by molar-refractivity contribution is 9.10. The molecule has 6 nitrogen and oxygen atoms in total. The molecule has 0 unspecified atom stereocenters. The Morgan fingerprint density at radius 2 is 0.730 bits per heavy atom. The molecule has 6 aromatic heterocycles. The number of aromatic amines is 1. The van der Waals surface area contributed by atoms with E-state index in [1.165, 1.54) is 122 Å². The Kier molecular flexibility index (Phi) is 12.0. The van der Waals surface area contributed by atoms with Crippen LogP contribution in [0.15, 0.2) is 284 Å². The summed E-state index contributed by atoms with van der Waals surface area (Å²) in [6, 6.07) is 98.7. The van der Waals surface area contributed by atoms with Crippen molar-refractivity contribution in [2.75, 3.05) is 0 Å². The molecule has 0 saturated heterocycles. The Balaban J connectivity index is 0.000000112. The lowest BCUT2D eigenvalue weighted by atomic mass is 9.98. The average molecular weight is 1240 g/mol. The lowest BCUT2D eigenvalue weighted by Crippen LogP contribution is -2.04. The first-order chi connectivity index (χ1) is 44.1. The third-order valence-corrected chi connectivity index (χ3v) is 20.3. The number of benzene rings is 14. The largest absolute Gasteiger partial charge is 0.353 e. The Bertz CT molecular complexity index is 6270. The van der Waals surface area contributed by atoms with Crippen LogP contribution >= 0.6 is 38.6 Å². The number of hydrogen-bond acceptors (Lipinski definition) is 6. The molecule has 1 N–H and O–H groups in total. The summed E-state index contributed by atoms with van der Waals surface area (Å²) >= 11 is 7.12. The van der Waals surface area contributed by atoms with Gasteiger partial charge in [0, 0.05) is 85.2 Å². The fourth-order valence-corrected chi connectivity index (χ4v) is 16.6. The van der Waals surface area contributed by atoms with Gasteiger partial charge in [0.15, 0.2) is 4.73 Å². The van der Waals surface area contributed by atoms with Crippen molar-refractivity contribution in [3.8, 4) is 28.5 Å². The molecule has 416 valence electrons. The number of rotatable bonds is 3. The molecule has 0 aliphatic heterocycles. The molecular weight excluding hydrogens is 1190 g/mol. The van der Waals surface area contributed by atoms with Crippen LogP contribution < -0.4 is 0 Å². The zero-order valence-corrected chi connectivity index (χ0v) is 50.7. The number of fused-ring (bicyclic) bond motifs is 26. The van der Waals surface area contributed by atoms with E-state index >= 15 is 0 Å². The number of nitrogens with zero attached hydrogens (tertiary/aromatic N) is 5. The Morgan fingerprint density at radius 3 is 1.35 bits per heavy atom. The van der Waals surface area contributed by atoms with Crippen LogP contribution in [0.3, 0.4) is 0 Å². The maximum atomic E-state index is 5.42. The van der Waals surface area contributed by atoms with Crippen molar-refractivity contribution < 1.29 is 0 Å². The van der Waals surface area contributed by atoms with Crippen LogP contribution in [0.25, 0.3) is 177 Å². The summed E-state index contributed by atoms with van der Waals surface area (Å²) in [6.07, 6.45) is 0. The molecule has 20 rings (SSSR count). The predicted octanol–water partition coefficient (Wildman–Crippen LogP) is 23.1. The van der Waals surface area contributed by atoms with Gasteiger partial charge in [-0.2, -0.15) is 0 Å². The third kappa shape index (κ3) is 8.20. The normalized spacial score (nSPS) is 11.9. The molecule has 0 atom stereocenters. The van der Waals surface area contributed by atoms with Gasteiger partial charge in [-0.15, -0.1) is 22.7 Å². The maximum absolute atomic E-state index is 5.42. The fourth-order valence-electron chi connectivity index (χ4n) is 13.8. The predicted molar refractivity (Wildman–Crippen MR) is 384 cm³/mol. The van der Waals surface area contributed by atoms with Crippen molar-refractivity contribution in [1.29, 1.82) is 0 Å². The minimum atomic E-state index is 0.620. The number of aromatic nitrogens is 6. The quantitative estimate of drug-likeness (QED) is 0.179. The molecule has 0 spiro atoms. The molecule has 20 aromatic rings. The Labute approximate surface area is 525 Å². The van der Waals surface area contributed by atoms with Gasteiger partial charge in [-0.3, -0.25) is 4.57 Å². The van der Waals surface area contributed by atoms with E-state index in [1.54, 1.807) is 0 Å². The summed E-state index contributed by atoms with van der Waals surface area (Å²) < 4.78 is 8.23. The zero-order chi connectivity index (χ0) is 58.7. The minimum Gasteiger partial charge on any atom is -0.353 e. The van der Waals surface area contributed by atoms with Gasteiger partial charge in [0.1, 0.15) is 0 Å². The van der Waals surface area contributed by atoms with Crippen LogP contribution in [-0.2, 0) is 0 Å². The van der Waals surface area contributed by atoms with Crippen molar-refractivity contribution in [3.63, 3.8) is 0 Å². The SMILES string of the molecule is Brc1nc(-c2ccccc2)c2ccccc2n1.c1ccc(-c2nc(-n3c4c5ccccc5ccc4c4c5ccccc5c5c6ccccc6sc5c43)nc3ccccc23)cc1.c1ccc2c(c1)ccc1c2[nH]c2c3sc4ccccc4c3c3ccccc3c12. The zero-order valence-electron chi connectivity index (χ0n) is 47.5. The molecule has 0 fully saturated rings. The van der Waals surface area contributed by atoms with Crippen molar-refractivity contribution in [2.45, 2.75) is 0 Å². The van der Waals surface area contributed by atoms with Gasteiger partial charge in [-0.1, -0.05) is 255 Å². The second-order valence-electron chi connectivity index (χ2n) is 22.5. The first kappa shape index (κ1) is 51.5. The van der Waals surface area contributed by atoms with E-state index < -0.39 is 0 Å². The van der Waals surface area contributed by atoms with Gasteiger partial charge in [0.05, 0.1) is 53.9 Å². The molecule has 9 heteroatoms. The highest BCUT2D eigenvalue weighted by Gasteiger charge is 2.26. The van der Waals surface area contributed by atoms with Crippen molar-refractivity contribution in [2.24, 2.45) is 0 Å². The molecule has 0 aliphatic rings. The van der Waals surface area contributed by atoms with Gasteiger partial charge >= 0.3 is 0 Å². The lowest BCUT2D eigenvalue weighted by Gasteiger charge is -2.13. The highest BCUT2D eigenvalue weighted by atomic mass is 79.9. The summed E-state index contributed by atoms with van der Waals surface area (Å²) in [6.45, 7) is 0. The van der Waals surface area contributed by atoms with E-state index in [-0.39, 0.29) is 0 Å². The monoisotopic (exact) mass is 1230 g/mol. The second kappa shape index (κ2) is 20.8. The molecular formula is C80H47BrN6S2. The summed E-state index contributed by atoms with van der Waals surface area (Å²) in [4.78, 5) is 23.4. The number of nitrogens with one attached hydrogen (secondary N) is 1. The number of thiophene rings is 2. The second-order valence-corrected chi connectivity index (χ2v) is 25.3. The summed E-state index contributed by atoms with van der Waals surface area (Å²) in [5.74, 6) is 0.688. The molecule has 14 aromatic carbocycles. The molecule has 0 radical (unpaired) electrons. The summed E-state index contributed by atoms with van der Waals surface area (Å²) in [5.41, 5.74) is 10.8. The average Bonchev–Trinajstić information content (AvgIpc) is 1.57. The molecule has 6 heterocycles. The van der Waals surface area contributed by atoms with Crippen LogP contribution in [0.2, 0.25) is 0 Å². The molecule has 0 amide bonds. The van der Waals surface area contributed by atoms with Crippen molar-refractivity contribution >= 4 is 187 Å². The van der Waals surface area contributed by atoms with Crippen LogP contribution in [0.1, 0.15) is 0 Å². The van der Waals surface area contributed by atoms with E-state index in [4.69, 9.17) is 9.97 Å². The standard InChI is InChI=1S/C40H23N3S.C26H15NS.C14H9BrN2/c1-2-13-25(14-3-1)36-29-18-8-10-20-32(29)41-40(42-36)43-37-26-15-5-4-12-24(26)22-23-31(37)34-27-16-6-7-17-28(27)35-30-19-9-11-21-33(30)44-39(35)38(34)43;1-2-8-16-15(7-1)13-14-20-22-17-9-3-4-10-18(17)23-19-11-5-6-12-21(19)28-26(23)25(22)27-24(16)20;15-14-16-12-9-5-4-8-11(12)13(17-14)10-6-2-1-3-7-10/h1-23H;1-14,27H;1-9H. The minimum absolute atomic E-state index is 0.620. The Hall–Kier alpha value is -10.7. The molecule has 0 aliphatic carbocycles. The van der Waals surface area contributed by atoms with E-state index in [1.807, 2.05) is 65.1 Å². The van der Waals surface area contributed by atoms with E-state index in [9.17, 15) is 0 Å². The van der Waals surface area contributed by atoms with Gasteiger partial charge in [-0.05, 0) is 72.5 Å². The van der Waals surface area contributed by atoms with Gasteiger partial charge in [0.25, 0.3) is 0 Å². The van der Waals surface area contributed by atoms with Gasteiger partial charge in [0.2, 0.25) is 5.95 Å². The van der Waals surface area contributed by atoms with Gasteiger partial charge < -0.3 is 4.98 Å². The van der Waals surface area contributed by atoms with Crippen molar-refractivity contribution in [3.05, 3.63) is 284 Å². The highest BCUT2D eigenvalue weighted by Crippen LogP contribution is 2.50. The van der Waals surface area contributed by atoms with Crippen molar-refractivity contribution in [1.82, 2.24) is 29.5 Å². The van der Waals surface area contributed by atoms with E-state index in [2.05, 4.69) is 272 Å². The van der Waals surface area contributed by atoms with E-state index in [0.717, 1.165) is 49.8 Å². The van der Waals surface area contributed by atoms with Crippen LogP contribution in [0.4, 0.5) is 0 Å². The number of H-pyrrole nitrogens is 1. The topological polar surface area (TPSA) is 72.3 Å². The maximum Gasteiger partial charge on any atom is 0.235 e. The van der Waals surface area contributed by atoms with Crippen LogP contribution in [0, 0.1) is 0 Å². The fraction of sp³-hybridized carbons (Fsp3) is 0. The molecule has 0 saturated carbocycles. The number of halogens is 1. The first-order valence-corrected chi connectivity index (χ1v) is 32.2. The lowest BCUT2D eigenvalue weighted by molar-refractivity contribution is 1.02. The first-order valence-electron chi connectivity index (χ1n) is 29.7. The third-order valence-electron chi connectivity index (χ3n) is 17.6. The Morgan fingerprint density at radius 1 is 0.292 bits per heavy atom. The van der Waals surface area contributed by atoms with Gasteiger partial charge in [-0.25, -0.2) is 19.9 Å². The molecule has 89 heavy (non-hydrogen) atoms. The summed E-state index contributed by atoms with van der Waals surface area (Å²) in [7, 11) is 0. The van der Waals surface area contributed by atoms with Crippen LogP contribution in [0.5, 0.6) is 0 Å². The molecule has 0 bridgehead atoms. The number of hydrogen-bond donors (Lipinski definition) is 1. The number of para-hydroxylation sites is 2. The summed E-state index contributed by atoms with van der Waals surface area (Å²) in [5, 5.41) is 22.7. The smallest absolute Gasteiger partial charge is 0.235 e. The van der Waals surface area contributed by atoms with Crippen LogP contribution in [-0.4, -0.2) is 29.5 Å².